The molecule has 14 heavy (non-hydrogen) atoms. The van der Waals surface area contributed by atoms with Crippen LogP contribution in [0.3, 0.4) is 0 Å². The van der Waals surface area contributed by atoms with Crippen LogP contribution in [0, 0.1) is 0 Å². The van der Waals surface area contributed by atoms with E-state index in [2.05, 4.69) is 18.2 Å². The molecule has 0 heterocycles. The van der Waals surface area contributed by atoms with Gasteiger partial charge in [-0.15, -0.1) is 0 Å². The van der Waals surface area contributed by atoms with E-state index in [1.54, 1.807) is 0 Å². The Hall–Kier alpha value is -0.220. The van der Waals surface area contributed by atoms with E-state index in [0.717, 1.165) is 19.5 Å². The summed E-state index contributed by atoms with van der Waals surface area (Å²) in [5, 5.41) is 8.45. The van der Waals surface area contributed by atoms with Crippen molar-refractivity contribution in [2.75, 3.05) is 32.1 Å². The molecular weight excluding hydrogens is 198 g/mol. The van der Waals surface area contributed by atoms with E-state index >= 15 is 0 Å². The van der Waals surface area contributed by atoms with Crippen LogP contribution in [0.15, 0.2) is 0 Å². The van der Waals surface area contributed by atoms with Crippen molar-refractivity contribution in [3.05, 3.63) is 0 Å². The van der Waals surface area contributed by atoms with Gasteiger partial charge in [0, 0.05) is 6.42 Å². The number of thioether (sulfide) groups is 1. The number of carboxylic acid groups (broad SMARTS) is 1. The number of hydrogen-bond donors (Lipinski definition) is 1. The summed E-state index contributed by atoms with van der Waals surface area (Å²) >= 11 is 1.88. The highest BCUT2D eigenvalue weighted by molar-refractivity contribution is 7.98. The highest BCUT2D eigenvalue weighted by atomic mass is 32.2. The van der Waals surface area contributed by atoms with E-state index in [1.807, 2.05) is 11.8 Å². The molecule has 0 aromatic rings. The zero-order chi connectivity index (χ0) is 10.8. The van der Waals surface area contributed by atoms with Gasteiger partial charge in [-0.3, -0.25) is 4.79 Å². The molecular formula is C10H21NO2S. The smallest absolute Gasteiger partial charge is 0.303 e. The molecule has 1 N–H and O–H groups in total. The summed E-state index contributed by atoms with van der Waals surface area (Å²) in [4.78, 5) is 12.5. The number of rotatable bonds is 9. The molecule has 84 valence electrons. The minimum Gasteiger partial charge on any atom is -0.481 e. The van der Waals surface area contributed by atoms with Crippen LogP contribution < -0.4 is 0 Å². The van der Waals surface area contributed by atoms with E-state index < -0.39 is 5.97 Å². The van der Waals surface area contributed by atoms with Gasteiger partial charge in [-0.05, 0) is 51.4 Å². The maximum atomic E-state index is 10.3. The summed E-state index contributed by atoms with van der Waals surface area (Å²) in [7, 11) is 2.06. The summed E-state index contributed by atoms with van der Waals surface area (Å²) < 4.78 is 0. The average Bonchev–Trinajstić information content (AvgIpc) is 2.12. The Labute approximate surface area is 90.9 Å². The van der Waals surface area contributed by atoms with E-state index in [1.165, 1.54) is 18.6 Å². The van der Waals surface area contributed by atoms with Gasteiger partial charge in [-0.25, -0.2) is 0 Å². The summed E-state index contributed by atoms with van der Waals surface area (Å²) in [5.41, 5.74) is 0. The number of hydrogen-bond acceptors (Lipinski definition) is 3. The van der Waals surface area contributed by atoms with Crippen LogP contribution in [0.25, 0.3) is 0 Å². The third-order valence-electron chi connectivity index (χ3n) is 2.07. The van der Waals surface area contributed by atoms with Gasteiger partial charge in [0.1, 0.15) is 0 Å². The summed E-state index contributed by atoms with van der Waals surface area (Å²) in [6.45, 7) is 1.98. The molecule has 0 radical (unpaired) electrons. The lowest BCUT2D eigenvalue weighted by Crippen LogP contribution is -2.21. The number of aliphatic carboxylic acids is 1. The monoisotopic (exact) mass is 219 g/mol. The molecule has 0 rings (SSSR count). The largest absolute Gasteiger partial charge is 0.481 e. The Morgan fingerprint density at radius 2 is 1.93 bits per heavy atom. The first-order valence-corrected chi connectivity index (χ1v) is 6.45. The van der Waals surface area contributed by atoms with Crippen LogP contribution in [0.5, 0.6) is 0 Å². The van der Waals surface area contributed by atoms with Crippen molar-refractivity contribution in [3.8, 4) is 0 Å². The van der Waals surface area contributed by atoms with Crippen LogP contribution >= 0.6 is 11.8 Å². The normalized spacial score (nSPS) is 10.8. The van der Waals surface area contributed by atoms with Crippen molar-refractivity contribution in [1.29, 1.82) is 0 Å². The molecule has 4 heteroatoms. The predicted octanol–water partition coefficient (Wildman–Crippen LogP) is 1.93. The first-order valence-electron chi connectivity index (χ1n) is 5.06. The van der Waals surface area contributed by atoms with Crippen molar-refractivity contribution >= 4 is 17.7 Å². The Bertz CT molecular complexity index is 153. The zero-order valence-corrected chi connectivity index (χ0v) is 9.98. The Balaban J connectivity index is 3.19. The standard InChI is InChI=1S/C10H21NO2S/c1-11(7-3-4-9-14-2)8-5-6-10(12)13/h3-9H2,1-2H3,(H,12,13). The molecule has 0 aromatic carbocycles. The van der Waals surface area contributed by atoms with Gasteiger partial charge >= 0.3 is 5.97 Å². The van der Waals surface area contributed by atoms with Crippen LogP contribution in [-0.2, 0) is 4.79 Å². The molecule has 0 fully saturated rings. The van der Waals surface area contributed by atoms with E-state index in [-0.39, 0.29) is 6.42 Å². The molecule has 0 aromatic heterocycles. The van der Waals surface area contributed by atoms with Gasteiger partial charge in [0.2, 0.25) is 0 Å². The molecule has 0 spiro atoms. The van der Waals surface area contributed by atoms with Crippen LogP contribution in [0.2, 0.25) is 0 Å². The highest BCUT2D eigenvalue weighted by Gasteiger charge is 2.00. The van der Waals surface area contributed by atoms with E-state index in [4.69, 9.17) is 5.11 Å². The molecule has 3 nitrogen and oxygen atoms in total. The van der Waals surface area contributed by atoms with Gasteiger partial charge in [0.15, 0.2) is 0 Å². The van der Waals surface area contributed by atoms with E-state index in [9.17, 15) is 4.79 Å². The first kappa shape index (κ1) is 13.8. The molecule has 0 saturated carbocycles. The maximum Gasteiger partial charge on any atom is 0.303 e. The second-order valence-electron chi connectivity index (χ2n) is 3.50. The summed E-state index contributed by atoms with van der Waals surface area (Å²) in [6.07, 6.45) is 5.63. The predicted molar refractivity (Wildman–Crippen MR) is 62.0 cm³/mol. The topological polar surface area (TPSA) is 40.5 Å². The molecule has 0 aliphatic carbocycles. The lowest BCUT2D eigenvalue weighted by atomic mass is 10.2. The number of nitrogens with zero attached hydrogens (tertiary/aromatic N) is 1. The lowest BCUT2D eigenvalue weighted by molar-refractivity contribution is -0.137. The van der Waals surface area contributed by atoms with Crippen molar-refractivity contribution in [3.63, 3.8) is 0 Å². The fourth-order valence-electron chi connectivity index (χ4n) is 1.24. The lowest BCUT2D eigenvalue weighted by Gasteiger charge is -2.15. The Kier molecular flexibility index (Phi) is 9.19. The molecule has 0 amide bonds. The third-order valence-corrected chi connectivity index (χ3v) is 2.77. The Morgan fingerprint density at radius 1 is 1.29 bits per heavy atom. The first-order chi connectivity index (χ1) is 6.66. The van der Waals surface area contributed by atoms with Crippen molar-refractivity contribution in [1.82, 2.24) is 4.90 Å². The second kappa shape index (κ2) is 9.34. The maximum absolute atomic E-state index is 10.3. The van der Waals surface area contributed by atoms with E-state index in [0.29, 0.717) is 0 Å². The molecule has 0 bridgehead atoms. The zero-order valence-electron chi connectivity index (χ0n) is 9.16. The highest BCUT2D eigenvalue weighted by Crippen LogP contribution is 2.01. The minimum atomic E-state index is -0.694. The molecule has 0 saturated heterocycles. The van der Waals surface area contributed by atoms with Gasteiger partial charge in [-0.2, -0.15) is 11.8 Å². The summed E-state index contributed by atoms with van der Waals surface area (Å²) in [6, 6.07) is 0. The molecule has 0 atom stereocenters. The quantitative estimate of drug-likeness (QED) is 0.602. The average molecular weight is 219 g/mol. The Morgan fingerprint density at radius 3 is 2.50 bits per heavy atom. The van der Waals surface area contributed by atoms with Crippen LogP contribution in [0.1, 0.15) is 25.7 Å². The van der Waals surface area contributed by atoms with Gasteiger partial charge in [-0.1, -0.05) is 0 Å². The second-order valence-corrected chi connectivity index (χ2v) is 4.49. The fraction of sp³-hybridized carbons (Fsp3) is 0.900. The summed E-state index contributed by atoms with van der Waals surface area (Å²) in [5.74, 6) is 0.531. The SMILES string of the molecule is CSCCCCN(C)CCCC(=O)O. The van der Waals surface area contributed by atoms with Gasteiger partial charge < -0.3 is 10.0 Å². The van der Waals surface area contributed by atoms with Crippen molar-refractivity contribution in [2.24, 2.45) is 0 Å². The van der Waals surface area contributed by atoms with Crippen molar-refractivity contribution < 1.29 is 9.90 Å². The fourth-order valence-corrected chi connectivity index (χ4v) is 1.73. The minimum absolute atomic E-state index is 0.287. The molecule has 0 aliphatic rings. The van der Waals surface area contributed by atoms with Crippen LogP contribution in [0.4, 0.5) is 0 Å². The van der Waals surface area contributed by atoms with Crippen LogP contribution in [-0.4, -0.2) is 48.1 Å². The third kappa shape index (κ3) is 9.86. The number of unbranched alkanes of at least 4 members (excludes halogenated alkanes) is 1. The molecule has 0 aliphatic heterocycles. The van der Waals surface area contributed by atoms with Gasteiger partial charge in [0.05, 0.1) is 0 Å². The number of carboxylic acids is 1. The van der Waals surface area contributed by atoms with Crippen molar-refractivity contribution in [2.45, 2.75) is 25.7 Å². The molecule has 0 unspecified atom stereocenters. The van der Waals surface area contributed by atoms with Gasteiger partial charge in [0.25, 0.3) is 0 Å². The number of carbonyl (C=O) groups is 1.